The molecule has 1 aliphatic heterocycles. The second kappa shape index (κ2) is 4.89. The Hall–Kier alpha value is -1.69. The van der Waals surface area contributed by atoms with Crippen LogP contribution in [0.3, 0.4) is 0 Å². The van der Waals surface area contributed by atoms with Crippen LogP contribution in [0.2, 0.25) is 0 Å². The predicted octanol–water partition coefficient (Wildman–Crippen LogP) is 0.732. The van der Waals surface area contributed by atoms with Crippen LogP contribution in [0.25, 0.3) is 0 Å². The van der Waals surface area contributed by atoms with Gasteiger partial charge in [0.1, 0.15) is 0 Å². The monoisotopic (exact) mass is 250 g/mol. The summed E-state index contributed by atoms with van der Waals surface area (Å²) in [6, 6.07) is 1.72. The standard InChI is InChI=1S/C12H18N4O2/c1-8-6-9(18-3)15-11(14-8)16-10(17)12(2)4-5-13-7-12/h6,13H,4-5,7H2,1-3H3,(H,14,15,16,17). The van der Waals surface area contributed by atoms with Gasteiger partial charge in [0.05, 0.1) is 12.5 Å². The van der Waals surface area contributed by atoms with Gasteiger partial charge in [0.2, 0.25) is 17.7 Å². The van der Waals surface area contributed by atoms with Crippen molar-refractivity contribution in [3.63, 3.8) is 0 Å². The zero-order valence-electron chi connectivity index (χ0n) is 10.9. The molecule has 1 atom stereocenters. The van der Waals surface area contributed by atoms with E-state index in [1.54, 1.807) is 6.07 Å². The smallest absolute Gasteiger partial charge is 0.234 e. The quantitative estimate of drug-likeness (QED) is 0.827. The van der Waals surface area contributed by atoms with Crippen molar-refractivity contribution >= 4 is 11.9 Å². The maximum atomic E-state index is 12.2. The molecule has 0 radical (unpaired) electrons. The highest BCUT2D eigenvalue weighted by molar-refractivity contribution is 5.94. The summed E-state index contributed by atoms with van der Waals surface area (Å²) < 4.78 is 5.05. The molecule has 1 fully saturated rings. The second-order valence-corrected chi connectivity index (χ2v) is 4.82. The Morgan fingerprint density at radius 3 is 2.94 bits per heavy atom. The number of hydrogen-bond donors (Lipinski definition) is 2. The summed E-state index contributed by atoms with van der Waals surface area (Å²) in [6.07, 6.45) is 0.821. The number of hydrogen-bond acceptors (Lipinski definition) is 5. The van der Waals surface area contributed by atoms with Crippen molar-refractivity contribution in [3.05, 3.63) is 11.8 Å². The van der Waals surface area contributed by atoms with Gasteiger partial charge in [0.25, 0.3) is 0 Å². The molecule has 1 aliphatic rings. The molecule has 1 aromatic heterocycles. The molecular formula is C12H18N4O2. The molecule has 1 saturated heterocycles. The molecule has 0 aliphatic carbocycles. The zero-order chi connectivity index (χ0) is 13.2. The van der Waals surface area contributed by atoms with Crippen LogP contribution in [-0.2, 0) is 4.79 Å². The lowest BCUT2D eigenvalue weighted by Crippen LogP contribution is -2.35. The van der Waals surface area contributed by atoms with Gasteiger partial charge in [-0.05, 0) is 26.8 Å². The highest BCUT2D eigenvalue weighted by atomic mass is 16.5. The highest BCUT2D eigenvalue weighted by Crippen LogP contribution is 2.26. The lowest BCUT2D eigenvalue weighted by Gasteiger charge is -2.20. The Morgan fingerprint density at radius 1 is 1.56 bits per heavy atom. The minimum atomic E-state index is -0.389. The van der Waals surface area contributed by atoms with Crippen LogP contribution in [0.1, 0.15) is 19.0 Å². The maximum Gasteiger partial charge on any atom is 0.234 e. The second-order valence-electron chi connectivity index (χ2n) is 4.82. The first-order chi connectivity index (χ1) is 8.53. The molecule has 6 heteroatoms. The van der Waals surface area contributed by atoms with E-state index in [-0.39, 0.29) is 11.3 Å². The topological polar surface area (TPSA) is 76.1 Å². The molecule has 18 heavy (non-hydrogen) atoms. The Labute approximate surface area is 106 Å². The average molecular weight is 250 g/mol. The van der Waals surface area contributed by atoms with Gasteiger partial charge in [-0.15, -0.1) is 0 Å². The largest absolute Gasteiger partial charge is 0.481 e. The SMILES string of the molecule is COc1cc(C)nc(NC(=O)C2(C)CCNC2)n1. The lowest BCUT2D eigenvalue weighted by atomic mass is 9.89. The first kappa shape index (κ1) is 12.8. The molecule has 0 aromatic carbocycles. The summed E-state index contributed by atoms with van der Waals surface area (Å²) in [4.78, 5) is 20.5. The van der Waals surface area contributed by atoms with Gasteiger partial charge in [-0.3, -0.25) is 10.1 Å². The van der Waals surface area contributed by atoms with Crippen LogP contribution in [0.5, 0.6) is 5.88 Å². The van der Waals surface area contributed by atoms with Crippen molar-refractivity contribution in [2.45, 2.75) is 20.3 Å². The summed E-state index contributed by atoms with van der Waals surface area (Å²) in [6.45, 7) is 5.32. The first-order valence-electron chi connectivity index (χ1n) is 5.95. The summed E-state index contributed by atoms with van der Waals surface area (Å²) >= 11 is 0. The van der Waals surface area contributed by atoms with Crippen molar-refractivity contribution in [1.29, 1.82) is 0 Å². The Bertz CT molecular complexity index is 455. The first-order valence-corrected chi connectivity index (χ1v) is 5.95. The molecular weight excluding hydrogens is 232 g/mol. The summed E-state index contributed by atoms with van der Waals surface area (Å²) in [7, 11) is 1.54. The number of aryl methyl sites for hydroxylation is 1. The van der Waals surface area contributed by atoms with Gasteiger partial charge < -0.3 is 10.1 Å². The summed E-state index contributed by atoms with van der Waals surface area (Å²) in [5.41, 5.74) is 0.368. The van der Waals surface area contributed by atoms with Crippen LogP contribution in [0, 0.1) is 12.3 Å². The van der Waals surface area contributed by atoms with Crippen molar-refractivity contribution in [2.24, 2.45) is 5.41 Å². The molecule has 1 unspecified atom stereocenters. The van der Waals surface area contributed by atoms with Crippen LogP contribution >= 0.6 is 0 Å². The van der Waals surface area contributed by atoms with Gasteiger partial charge >= 0.3 is 0 Å². The van der Waals surface area contributed by atoms with Gasteiger partial charge in [-0.1, -0.05) is 0 Å². The fourth-order valence-electron chi connectivity index (χ4n) is 1.96. The molecule has 0 spiro atoms. The molecule has 1 aromatic rings. The normalized spacial score (nSPS) is 22.8. The van der Waals surface area contributed by atoms with E-state index in [4.69, 9.17) is 4.74 Å². The summed E-state index contributed by atoms with van der Waals surface area (Å²) in [5, 5.41) is 5.95. The molecule has 1 amide bonds. The number of carbonyl (C=O) groups excluding carboxylic acids is 1. The van der Waals surface area contributed by atoms with Crippen LogP contribution in [0.15, 0.2) is 6.07 Å². The van der Waals surface area contributed by atoms with Gasteiger partial charge in [0, 0.05) is 18.3 Å². The van der Waals surface area contributed by atoms with Gasteiger partial charge in [0.15, 0.2) is 0 Å². The third-order valence-corrected chi connectivity index (χ3v) is 3.18. The number of methoxy groups -OCH3 is 1. The van der Waals surface area contributed by atoms with E-state index in [9.17, 15) is 4.79 Å². The van der Waals surface area contributed by atoms with Crippen molar-refractivity contribution in [2.75, 3.05) is 25.5 Å². The predicted molar refractivity (Wildman–Crippen MR) is 67.5 cm³/mol. The lowest BCUT2D eigenvalue weighted by molar-refractivity contribution is -0.123. The van der Waals surface area contributed by atoms with Gasteiger partial charge in [-0.2, -0.15) is 4.98 Å². The molecule has 6 nitrogen and oxygen atoms in total. The van der Waals surface area contributed by atoms with E-state index in [1.165, 1.54) is 7.11 Å². The van der Waals surface area contributed by atoms with E-state index >= 15 is 0 Å². The molecule has 0 bridgehead atoms. The highest BCUT2D eigenvalue weighted by Gasteiger charge is 2.36. The molecule has 2 N–H and O–H groups in total. The number of nitrogens with one attached hydrogen (secondary N) is 2. The van der Waals surface area contributed by atoms with Crippen LogP contribution in [0.4, 0.5) is 5.95 Å². The Morgan fingerprint density at radius 2 is 2.33 bits per heavy atom. The van der Waals surface area contributed by atoms with Crippen molar-refractivity contribution in [1.82, 2.24) is 15.3 Å². The van der Waals surface area contributed by atoms with E-state index in [0.29, 0.717) is 18.4 Å². The Balaban J connectivity index is 2.13. The third kappa shape index (κ3) is 2.59. The fourth-order valence-corrected chi connectivity index (χ4v) is 1.96. The van der Waals surface area contributed by atoms with Crippen LogP contribution < -0.4 is 15.4 Å². The molecule has 0 saturated carbocycles. The molecule has 98 valence electrons. The van der Waals surface area contributed by atoms with Crippen molar-refractivity contribution < 1.29 is 9.53 Å². The summed E-state index contributed by atoms with van der Waals surface area (Å²) in [5.74, 6) is 0.692. The third-order valence-electron chi connectivity index (χ3n) is 3.18. The number of rotatable bonds is 3. The van der Waals surface area contributed by atoms with E-state index in [1.807, 2.05) is 13.8 Å². The van der Waals surface area contributed by atoms with E-state index < -0.39 is 0 Å². The molecule has 2 heterocycles. The van der Waals surface area contributed by atoms with Crippen molar-refractivity contribution in [3.8, 4) is 5.88 Å². The van der Waals surface area contributed by atoms with Crippen LogP contribution in [-0.4, -0.2) is 36.1 Å². The van der Waals surface area contributed by atoms with E-state index in [2.05, 4.69) is 20.6 Å². The number of amides is 1. The minimum Gasteiger partial charge on any atom is -0.481 e. The maximum absolute atomic E-state index is 12.2. The minimum absolute atomic E-state index is 0.0554. The number of ether oxygens (including phenoxy) is 1. The molecule has 2 rings (SSSR count). The number of anilines is 1. The number of aromatic nitrogens is 2. The Kier molecular flexibility index (Phi) is 3.47. The van der Waals surface area contributed by atoms with E-state index in [0.717, 1.165) is 18.7 Å². The zero-order valence-corrected chi connectivity index (χ0v) is 10.9. The number of nitrogens with zero attached hydrogens (tertiary/aromatic N) is 2. The van der Waals surface area contributed by atoms with Gasteiger partial charge in [-0.25, -0.2) is 4.98 Å². The fraction of sp³-hybridized carbons (Fsp3) is 0.583. The number of carbonyl (C=O) groups is 1. The average Bonchev–Trinajstić information content (AvgIpc) is 2.76.